The van der Waals surface area contributed by atoms with E-state index in [2.05, 4.69) is 0 Å². The summed E-state index contributed by atoms with van der Waals surface area (Å²) in [5.74, 6) is -1.05. The third-order valence-corrected chi connectivity index (χ3v) is 3.68. The molecule has 1 heterocycles. The molecule has 0 bridgehead atoms. The molecule has 0 amide bonds. The van der Waals surface area contributed by atoms with Crippen LogP contribution in [0, 0.1) is 0 Å². The van der Waals surface area contributed by atoms with Gasteiger partial charge in [0.05, 0.1) is 5.56 Å². The summed E-state index contributed by atoms with van der Waals surface area (Å²) in [6.45, 7) is 0.258. The number of aromatic carboxylic acids is 1. The molecule has 21 heavy (non-hydrogen) atoms. The summed E-state index contributed by atoms with van der Waals surface area (Å²) in [6.07, 6.45) is -4.66. The van der Waals surface area contributed by atoms with E-state index in [-0.39, 0.29) is 24.9 Å². The van der Waals surface area contributed by atoms with E-state index >= 15 is 0 Å². The zero-order valence-corrected chi connectivity index (χ0v) is 11.2. The molecule has 0 radical (unpaired) electrons. The Kier molecular flexibility index (Phi) is 4.25. The first-order valence-corrected chi connectivity index (χ1v) is 6.55. The Morgan fingerprint density at radius 1 is 1.29 bits per heavy atom. The summed E-state index contributed by atoms with van der Waals surface area (Å²) < 4.78 is 38.5. The van der Waals surface area contributed by atoms with Gasteiger partial charge in [-0.3, -0.25) is 4.90 Å². The minimum absolute atomic E-state index is 0.129. The molecule has 1 aromatic carbocycles. The first-order valence-electron chi connectivity index (χ1n) is 6.55. The van der Waals surface area contributed by atoms with Crippen LogP contribution in [0.1, 0.15) is 28.8 Å². The number of likely N-dealkylation sites (tertiary alicyclic amines) is 1. The molecule has 2 N–H and O–H groups in total. The van der Waals surface area contributed by atoms with Crippen molar-refractivity contribution in [2.75, 3.05) is 13.1 Å². The maximum atomic E-state index is 12.8. The summed E-state index contributed by atoms with van der Waals surface area (Å²) in [5.41, 5.74) is -1.82. The fraction of sp³-hybridized carbons (Fsp3) is 0.500. The molecule has 1 saturated heterocycles. The number of nitrogens with zero attached hydrogens (tertiary/aromatic N) is 1. The smallest absolute Gasteiger partial charge is 0.418 e. The second-order valence-corrected chi connectivity index (χ2v) is 5.35. The topological polar surface area (TPSA) is 60.8 Å². The maximum absolute atomic E-state index is 12.8. The van der Waals surface area contributed by atoms with Gasteiger partial charge in [-0.1, -0.05) is 12.1 Å². The minimum atomic E-state index is -4.64. The van der Waals surface area contributed by atoms with Gasteiger partial charge in [0.2, 0.25) is 0 Å². The average Bonchev–Trinajstić information content (AvgIpc) is 2.38. The van der Waals surface area contributed by atoms with Crippen LogP contribution in [0.15, 0.2) is 24.3 Å². The molecule has 2 rings (SSSR count). The van der Waals surface area contributed by atoms with Gasteiger partial charge in [-0.05, 0) is 37.1 Å². The normalized spacial score (nSPS) is 24.0. The van der Waals surface area contributed by atoms with Crippen molar-refractivity contribution in [1.29, 1.82) is 0 Å². The van der Waals surface area contributed by atoms with Gasteiger partial charge in [-0.25, -0.2) is 4.79 Å². The van der Waals surface area contributed by atoms with E-state index in [1.165, 1.54) is 17.0 Å². The number of halogens is 3. The van der Waals surface area contributed by atoms with Crippen molar-refractivity contribution in [3.63, 3.8) is 0 Å². The fourth-order valence-corrected chi connectivity index (χ4v) is 2.50. The number of carboxylic acids is 1. The molecule has 1 atom stereocenters. The lowest BCUT2D eigenvalue weighted by Gasteiger charge is -2.40. The quantitative estimate of drug-likeness (QED) is 0.899. The van der Waals surface area contributed by atoms with Gasteiger partial charge in [0.1, 0.15) is 0 Å². The van der Waals surface area contributed by atoms with Crippen LogP contribution >= 0.6 is 0 Å². The monoisotopic (exact) mass is 303 g/mol. The Bertz CT molecular complexity index is 515. The van der Waals surface area contributed by atoms with E-state index in [0.29, 0.717) is 12.1 Å². The minimum Gasteiger partial charge on any atom is -0.478 e. The summed E-state index contributed by atoms with van der Waals surface area (Å²) in [5, 5.41) is 18.5. The largest absolute Gasteiger partial charge is 0.478 e. The number of alkyl halides is 3. The zero-order valence-electron chi connectivity index (χ0n) is 11.2. The number of benzene rings is 1. The lowest BCUT2D eigenvalue weighted by atomic mass is 9.92. The van der Waals surface area contributed by atoms with E-state index in [0.717, 1.165) is 0 Å². The highest BCUT2D eigenvalue weighted by molar-refractivity contribution is 5.87. The summed E-state index contributed by atoms with van der Waals surface area (Å²) in [7, 11) is 0. The Balaban J connectivity index is 2.04. The molecule has 1 aliphatic heterocycles. The average molecular weight is 303 g/mol. The van der Waals surface area contributed by atoms with Crippen LogP contribution in [0.4, 0.5) is 13.2 Å². The predicted octanol–water partition coefficient (Wildman–Crippen LogP) is 2.27. The van der Waals surface area contributed by atoms with E-state index in [1.807, 2.05) is 0 Å². The Labute approximate surface area is 119 Å². The zero-order chi connectivity index (χ0) is 15.7. The van der Waals surface area contributed by atoms with Crippen LogP contribution < -0.4 is 0 Å². The number of carbonyl (C=O) groups is 1. The second-order valence-electron chi connectivity index (χ2n) is 5.35. The molecule has 1 unspecified atom stereocenters. The first kappa shape index (κ1) is 15.8. The van der Waals surface area contributed by atoms with Gasteiger partial charge in [-0.2, -0.15) is 13.2 Å². The number of carboxylic acid groups (broad SMARTS) is 1. The van der Waals surface area contributed by atoms with Crippen molar-refractivity contribution in [3.8, 4) is 0 Å². The number of rotatable bonds is 3. The Morgan fingerprint density at radius 2 is 1.90 bits per heavy atom. The highest BCUT2D eigenvalue weighted by atomic mass is 19.4. The molecule has 7 heteroatoms. The van der Waals surface area contributed by atoms with E-state index in [4.69, 9.17) is 5.11 Å². The number of hydrogen-bond acceptors (Lipinski definition) is 3. The summed E-state index contributed by atoms with van der Waals surface area (Å²) in [4.78, 5) is 12.3. The molecule has 0 aromatic heterocycles. The summed E-state index contributed by atoms with van der Waals surface area (Å²) in [6, 6.07) is 5.98. The third-order valence-electron chi connectivity index (χ3n) is 3.68. The molecule has 116 valence electrons. The lowest BCUT2D eigenvalue weighted by Crippen LogP contribution is -2.56. The number of hydrogen-bond donors (Lipinski definition) is 2. The van der Waals surface area contributed by atoms with Crippen molar-refractivity contribution >= 4 is 5.97 Å². The van der Waals surface area contributed by atoms with Crippen LogP contribution in [0.2, 0.25) is 0 Å². The first-order chi connectivity index (χ1) is 9.71. The van der Waals surface area contributed by atoms with Gasteiger partial charge in [0, 0.05) is 13.1 Å². The highest BCUT2D eigenvalue weighted by Crippen LogP contribution is 2.37. The Hall–Kier alpha value is -1.60. The molecule has 0 spiro atoms. The van der Waals surface area contributed by atoms with Crippen molar-refractivity contribution in [1.82, 2.24) is 4.90 Å². The second kappa shape index (κ2) is 5.65. The number of aliphatic hydroxyl groups is 1. The maximum Gasteiger partial charge on any atom is 0.418 e. The predicted molar refractivity (Wildman–Crippen MR) is 68.9 cm³/mol. The SMILES string of the molecule is O=C(O)c1ccc(CN2CCCC(O)(C(F)(F)F)C2)cc1. The van der Waals surface area contributed by atoms with Crippen LogP contribution in [-0.4, -0.2) is 45.9 Å². The molecule has 0 saturated carbocycles. The van der Waals surface area contributed by atoms with E-state index < -0.39 is 24.3 Å². The van der Waals surface area contributed by atoms with Crippen molar-refractivity contribution < 1.29 is 28.2 Å². The van der Waals surface area contributed by atoms with Crippen LogP contribution in [0.5, 0.6) is 0 Å². The number of piperidine rings is 1. The van der Waals surface area contributed by atoms with Gasteiger partial charge >= 0.3 is 12.1 Å². The van der Waals surface area contributed by atoms with Gasteiger partial charge in [0.25, 0.3) is 0 Å². The van der Waals surface area contributed by atoms with Crippen molar-refractivity contribution in [2.24, 2.45) is 0 Å². The standard InChI is InChI=1S/C14H16F3NO3/c15-14(16,17)13(21)6-1-7-18(9-13)8-10-2-4-11(5-3-10)12(19)20/h2-5,21H,1,6-9H2,(H,19,20). The molecular formula is C14H16F3NO3. The van der Waals surface area contributed by atoms with Gasteiger partial charge in [0.15, 0.2) is 5.60 Å². The van der Waals surface area contributed by atoms with E-state index in [9.17, 15) is 23.1 Å². The fourth-order valence-electron chi connectivity index (χ4n) is 2.50. The van der Waals surface area contributed by atoms with Gasteiger partial charge < -0.3 is 10.2 Å². The Morgan fingerprint density at radius 3 is 2.43 bits per heavy atom. The van der Waals surface area contributed by atoms with Crippen LogP contribution in [0.25, 0.3) is 0 Å². The molecular weight excluding hydrogens is 287 g/mol. The lowest BCUT2D eigenvalue weighted by molar-refractivity contribution is -0.274. The molecule has 1 fully saturated rings. The molecule has 4 nitrogen and oxygen atoms in total. The number of β-amino-alcohol motifs (C(OH)–C–C–N with tert-alkyl or cyclic N) is 1. The third kappa shape index (κ3) is 3.54. The van der Waals surface area contributed by atoms with Crippen molar-refractivity contribution in [2.45, 2.75) is 31.2 Å². The van der Waals surface area contributed by atoms with Crippen LogP contribution in [-0.2, 0) is 6.54 Å². The van der Waals surface area contributed by atoms with Crippen LogP contribution in [0.3, 0.4) is 0 Å². The van der Waals surface area contributed by atoms with Crippen molar-refractivity contribution in [3.05, 3.63) is 35.4 Å². The highest BCUT2D eigenvalue weighted by Gasteiger charge is 2.55. The van der Waals surface area contributed by atoms with E-state index in [1.54, 1.807) is 12.1 Å². The van der Waals surface area contributed by atoms with Gasteiger partial charge in [-0.15, -0.1) is 0 Å². The molecule has 1 aromatic rings. The molecule has 0 aliphatic carbocycles. The molecule has 1 aliphatic rings. The summed E-state index contributed by atoms with van der Waals surface area (Å²) >= 11 is 0.